The fourth-order valence-electron chi connectivity index (χ4n) is 2.43. The first kappa shape index (κ1) is 17.9. The van der Waals surface area contributed by atoms with Crippen molar-refractivity contribution < 1.29 is 19.0 Å². The summed E-state index contributed by atoms with van der Waals surface area (Å²) >= 11 is 9.24. The van der Waals surface area contributed by atoms with Crippen LogP contribution in [0.1, 0.15) is 18.5 Å². The average molecular weight is 427 g/mol. The number of halogens is 2. The Kier molecular flexibility index (Phi) is 5.71. The number of rotatable bonds is 5. The van der Waals surface area contributed by atoms with E-state index in [0.29, 0.717) is 34.2 Å². The minimum Gasteiger partial charge on any atom is -0.486 e. The van der Waals surface area contributed by atoms with Gasteiger partial charge in [0.1, 0.15) is 19.0 Å². The normalized spacial score (nSPS) is 13.9. The zero-order chi connectivity index (χ0) is 17.8. The highest BCUT2D eigenvalue weighted by Crippen LogP contribution is 2.32. The van der Waals surface area contributed by atoms with Crippen molar-refractivity contribution in [3.05, 3.63) is 51.5 Å². The van der Waals surface area contributed by atoms with Gasteiger partial charge in [0.15, 0.2) is 18.1 Å². The van der Waals surface area contributed by atoms with Crippen molar-refractivity contribution in [2.24, 2.45) is 0 Å². The Hall–Kier alpha value is -1.92. The summed E-state index contributed by atoms with van der Waals surface area (Å²) < 4.78 is 17.3. The predicted octanol–water partition coefficient (Wildman–Crippen LogP) is 4.13. The lowest BCUT2D eigenvalue weighted by Crippen LogP contribution is -2.31. The van der Waals surface area contributed by atoms with E-state index in [1.54, 1.807) is 18.2 Å². The molecule has 1 atom stereocenters. The number of ether oxygens (including phenoxy) is 3. The zero-order valence-corrected chi connectivity index (χ0v) is 15.9. The molecule has 7 heteroatoms. The van der Waals surface area contributed by atoms with Crippen molar-refractivity contribution in [2.75, 3.05) is 19.8 Å². The monoisotopic (exact) mass is 425 g/mol. The van der Waals surface area contributed by atoms with Gasteiger partial charge >= 0.3 is 0 Å². The topological polar surface area (TPSA) is 56.8 Å². The maximum absolute atomic E-state index is 12.1. The highest BCUT2D eigenvalue weighted by atomic mass is 79.9. The van der Waals surface area contributed by atoms with Gasteiger partial charge in [-0.05, 0) is 58.7 Å². The number of amides is 1. The summed E-state index contributed by atoms with van der Waals surface area (Å²) in [6.07, 6.45) is 0. The number of hydrogen-bond acceptors (Lipinski definition) is 4. The van der Waals surface area contributed by atoms with Gasteiger partial charge in [0.25, 0.3) is 5.91 Å². The lowest BCUT2D eigenvalue weighted by Gasteiger charge is -2.21. The van der Waals surface area contributed by atoms with Crippen molar-refractivity contribution in [1.29, 1.82) is 0 Å². The molecule has 1 heterocycles. The molecule has 132 valence electrons. The van der Waals surface area contributed by atoms with E-state index in [1.165, 1.54) is 0 Å². The maximum atomic E-state index is 12.1. The van der Waals surface area contributed by atoms with E-state index < -0.39 is 0 Å². The summed E-state index contributed by atoms with van der Waals surface area (Å²) in [5.74, 6) is 1.77. The van der Waals surface area contributed by atoms with Crippen LogP contribution < -0.4 is 19.5 Å². The van der Waals surface area contributed by atoms with Crippen LogP contribution in [-0.2, 0) is 4.79 Å². The molecule has 0 radical (unpaired) electrons. The molecule has 25 heavy (non-hydrogen) atoms. The molecular formula is C18H17BrClNO4. The summed E-state index contributed by atoms with van der Waals surface area (Å²) in [6.45, 7) is 2.90. The fraction of sp³-hybridized carbons (Fsp3) is 0.278. The SMILES string of the molecule is C[C@H](NC(=O)COc1ccc(Cl)cc1Br)c1ccc2c(c1)OCCO2. The molecule has 1 N–H and O–H groups in total. The molecule has 2 aromatic carbocycles. The smallest absolute Gasteiger partial charge is 0.258 e. The van der Waals surface area contributed by atoms with Gasteiger partial charge in [-0.3, -0.25) is 4.79 Å². The molecule has 0 bridgehead atoms. The van der Waals surface area contributed by atoms with Gasteiger partial charge in [0.2, 0.25) is 0 Å². The van der Waals surface area contributed by atoms with Gasteiger partial charge in [-0.25, -0.2) is 0 Å². The number of nitrogens with one attached hydrogen (secondary N) is 1. The van der Waals surface area contributed by atoms with Crippen LogP contribution >= 0.6 is 27.5 Å². The highest BCUT2D eigenvalue weighted by molar-refractivity contribution is 9.10. The molecule has 0 aromatic heterocycles. The van der Waals surface area contributed by atoms with Crippen molar-refractivity contribution in [3.8, 4) is 17.2 Å². The Bertz CT molecular complexity index is 784. The highest BCUT2D eigenvalue weighted by Gasteiger charge is 2.16. The zero-order valence-electron chi connectivity index (χ0n) is 13.6. The molecule has 0 saturated heterocycles. The van der Waals surface area contributed by atoms with Crippen LogP contribution in [0.2, 0.25) is 5.02 Å². The van der Waals surface area contributed by atoms with Crippen LogP contribution in [0, 0.1) is 0 Å². The summed E-state index contributed by atoms with van der Waals surface area (Å²) in [5.41, 5.74) is 0.935. The van der Waals surface area contributed by atoms with Crippen LogP contribution in [0.15, 0.2) is 40.9 Å². The van der Waals surface area contributed by atoms with E-state index >= 15 is 0 Å². The Balaban J connectivity index is 1.57. The largest absolute Gasteiger partial charge is 0.486 e. The van der Waals surface area contributed by atoms with Crippen LogP contribution in [0.3, 0.4) is 0 Å². The fourth-order valence-corrected chi connectivity index (χ4v) is 3.23. The lowest BCUT2D eigenvalue weighted by molar-refractivity contribution is -0.123. The van der Waals surface area contributed by atoms with Crippen LogP contribution in [0.5, 0.6) is 17.2 Å². The van der Waals surface area contributed by atoms with E-state index in [0.717, 1.165) is 11.3 Å². The Morgan fingerprint density at radius 2 is 2.00 bits per heavy atom. The standard InChI is InChI=1S/C18H17BrClNO4/c1-11(12-2-4-16-17(8-12)24-7-6-23-16)21-18(22)10-25-15-5-3-13(20)9-14(15)19/h2-5,8-9,11H,6-7,10H2,1H3,(H,21,22)/t11-/m0/s1. The second-order valence-electron chi connectivity index (χ2n) is 5.56. The number of benzene rings is 2. The van der Waals surface area contributed by atoms with Crippen molar-refractivity contribution in [2.45, 2.75) is 13.0 Å². The molecule has 3 rings (SSSR count). The maximum Gasteiger partial charge on any atom is 0.258 e. The summed E-state index contributed by atoms with van der Waals surface area (Å²) in [7, 11) is 0. The molecule has 2 aromatic rings. The van der Waals surface area contributed by atoms with E-state index in [4.69, 9.17) is 25.8 Å². The molecule has 0 unspecified atom stereocenters. The first-order chi connectivity index (χ1) is 12.0. The minimum absolute atomic E-state index is 0.0882. The van der Waals surface area contributed by atoms with Crippen molar-refractivity contribution in [3.63, 3.8) is 0 Å². The number of hydrogen-bond donors (Lipinski definition) is 1. The van der Waals surface area contributed by atoms with Gasteiger partial charge < -0.3 is 19.5 Å². The predicted molar refractivity (Wildman–Crippen MR) is 98.6 cm³/mol. The number of carbonyl (C=O) groups excluding carboxylic acids is 1. The van der Waals surface area contributed by atoms with Crippen LogP contribution in [0.4, 0.5) is 0 Å². The molecule has 1 amide bonds. The quantitative estimate of drug-likeness (QED) is 0.781. The van der Waals surface area contributed by atoms with Gasteiger partial charge in [0, 0.05) is 5.02 Å². The average Bonchev–Trinajstić information content (AvgIpc) is 2.60. The van der Waals surface area contributed by atoms with Crippen LogP contribution in [-0.4, -0.2) is 25.7 Å². The molecule has 0 spiro atoms. The number of fused-ring (bicyclic) bond motifs is 1. The van der Waals surface area contributed by atoms with Crippen molar-refractivity contribution >= 4 is 33.4 Å². The second-order valence-corrected chi connectivity index (χ2v) is 6.85. The first-order valence-corrected chi connectivity index (χ1v) is 8.97. The molecular weight excluding hydrogens is 410 g/mol. The van der Waals surface area contributed by atoms with Gasteiger partial charge in [-0.1, -0.05) is 17.7 Å². The molecule has 0 fully saturated rings. The van der Waals surface area contributed by atoms with Gasteiger partial charge in [-0.15, -0.1) is 0 Å². The van der Waals surface area contributed by atoms with Gasteiger partial charge in [0.05, 0.1) is 10.5 Å². The molecule has 1 aliphatic rings. The lowest BCUT2D eigenvalue weighted by atomic mass is 10.1. The summed E-state index contributed by atoms with van der Waals surface area (Å²) in [5, 5.41) is 3.50. The first-order valence-electron chi connectivity index (χ1n) is 7.79. The Labute approximate surface area is 159 Å². The Morgan fingerprint density at radius 1 is 1.24 bits per heavy atom. The van der Waals surface area contributed by atoms with E-state index in [1.807, 2.05) is 25.1 Å². The van der Waals surface area contributed by atoms with E-state index in [9.17, 15) is 4.79 Å². The third-order valence-electron chi connectivity index (χ3n) is 3.70. The van der Waals surface area contributed by atoms with E-state index in [2.05, 4.69) is 21.2 Å². The van der Waals surface area contributed by atoms with Gasteiger partial charge in [-0.2, -0.15) is 0 Å². The molecule has 0 saturated carbocycles. The second kappa shape index (κ2) is 7.97. The van der Waals surface area contributed by atoms with E-state index in [-0.39, 0.29) is 18.6 Å². The number of carbonyl (C=O) groups is 1. The van der Waals surface area contributed by atoms with Crippen LogP contribution in [0.25, 0.3) is 0 Å². The third kappa shape index (κ3) is 4.58. The molecule has 1 aliphatic heterocycles. The summed E-state index contributed by atoms with van der Waals surface area (Å²) in [6, 6.07) is 10.6. The molecule has 0 aliphatic carbocycles. The minimum atomic E-state index is -0.218. The third-order valence-corrected chi connectivity index (χ3v) is 4.55. The van der Waals surface area contributed by atoms with Crippen molar-refractivity contribution in [1.82, 2.24) is 5.32 Å². The summed E-state index contributed by atoms with van der Waals surface area (Å²) in [4.78, 5) is 12.1. The molecule has 5 nitrogen and oxygen atoms in total. The Morgan fingerprint density at radius 3 is 2.76 bits per heavy atom.